The number of hydrogen-bond donors (Lipinski definition) is 4. The van der Waals surface area contributed by atoms with E-state index in [-0.39, 0.29) is 48.5 Å². The average molecular weight is 644 g/mol. The van der Waals surface area contributed by atoms with Crippen LogP contribution < -0.4 is 26.3 Å². The van der Waals surface area contributed by atoms with Gasteiger partial charge in [0.05, 0.1) is 48.0 Å². The highest BCUT2D eigenvalue weighted by Crippen LogP contribution is 2.57. The summed E-state index contributed by atoms with van der Waals surface area (Å²) in [6, 6.07) is 13.5. The number of hydrogen-bond acceptors (Lipinski definition) is 7. The summed E-state index contributed by atoms with van der Waals surface area (Å²) in [5.74, 6) is -0.737. The van der Waals surface area contributed by atoms with Gasteiger partial charge in [-0.05, 0) is 92.0 Å². The smallest absolute Gasteiger partial charge is 0.255 e. The Labute approximate surface area is 271 Å². The Bertz CT molecular complexity index is 1850. The van der Waals surface area contributed by atoms with Gasteiger partial charge in [0.2, 0.25) is 11.8 Å². The molecule has 12 heteroatoms. The van der Waals surface area contributed by atoms with Gasteiger partial charge < -0.3 is 31.4 Å². The number of ether oxygens (including phenoxy) is 2. The van der Waals surface area contributed by atoms with Gasteiger partial charge in [-0.3, -0.25) is 14.4 Å². The minimum Gasteiger partial charge on any atom is -0.490 e. The van der Waals surface area contributed by atoms with Crippen LogP contribution >= 0.6 is 0 Å². The van der Waals surface area contributed by atoms with Gasteiger partial charge in [-0.25, -0.2) is 8.91 Å². The molecule has 2 aliphatic rings. The minimum absolute atomic E-state index is 0.0106. The Morgan fingerprint density at radius 3 is 2.38 bits per heavy atom. The molecule has 2 aromatic carbocycles. The second kappa shape index (κ2) is 12.3. The van der Waals surface area contributed by atoms with E-state index in [1.165, 1.54) is 12.3 Å². The van der Waals surface area contributed by atoms with Crippen molar-refractivity contribution in [2.45, 2.75) is 70.1 Å². The van der Waals surface area contributed by atoms with Crippen molar-refractivity contribution < 1.29 is 33.4 Å². The number of amides is 3. The van der Waals surface area contributed by atoms with Crippen molar-refractivity contribution >= 4 is 23.2 Å². The zero-order valence-corrected chi connectivity index (χ0v) is 26.3. The van der Waals surface area contributed by atoms with Gasteiger partial charge >= 0.3 is 0 Å². The molecule has 2 heterocycles. The van der Waals surface area contributed by atoms with Gasteiger partial charge in [0.15, 0.2) is 0 Å². The Kier molecular flexibility index (Phi) is 8.39. The lowest BCUT2D eigenvalue weighted by atomic mass is 9.53. The molecule has 4 aromatic rings. The number of carbonyl (C=O) groups is 3. The number of aliphatic hydroxyl groups is 1. The molecule has 6 N–H and O–H groups in total. The monoisotopic (exact) mass is 643 g/mol. The Hall–Kier alpha value is -4.97. The summed E-state index contributed by atoms with van der Waals surface area (Å²) in [7, 11) is 0. The summed E-state index contributed by atoms with van der Waals surface area (Å²) in [5, 5.41) is 17.3. The fraction of sp³-hybridized carbons (Fsp3) is 0.371. The summed E-state index contributed by atoms with van der Waals surface area (Å²) >= 11 is 0. The average Bonchev–Trinajstić information content (AvgIpc) is 3.38. The van der Waals surface area contributed by atoms with E-state index in [0.29, 0.717) is 33.7 Å². The number of pyridine rings is 1. The third-order valence-corrected chi connectivity index (χ3v) is 8.81. The highest BCUT2D eigenvalue weighted by Gasteiger charge is 2.54. The second-order valence-corrected chi connectivity index (χ2v) is 13.5. The number of nitrogens with zero attached hydrogens (tertiary/aromatic N) is 2. The van der Waals surface area contributed by atoms with Crippen LogP contribution in [0.2, 0.25) is 0 Å². The number of rotatable bonds is 12. The fourth-order valence-corrected chi connectivity index (χ4v) is 6.59. The molecule has 11 nitrogen and oxygen atoms in total. The van der Waals surface area contributed by atoms with Crippen LogP contribution in [-0.4, -0.2) is 56.8 Å². The molecule has 6 rings (SSSR count). The third kappa shape index (κ3) is 7.22. The summed E-state index contributed by atoms with van der Waals surface area (Å²) < 4.78 is 27.8. The van der Waals surface area contributed by atoms with Crippen LogP contribution in [0.15, 0.2) is 60.9 Å². The molecule has 0 radical (unpaired) electrons. The van der Waals surface area contributed by atoms with Crippen molar-refractivity contribution in [2.24, 2.45) is 16.9 Å². The van der Waals surface area contributed by atoms with E-state index in [0.717, 1.165) is 31.2 Å². The third-order valence-electron chi connectivity index (χ3n) is 8.81. The molecule has 0 unspecified atom stereocenters. The van der Waals surface area contributed by atoms with E-state index >= 15 is 0 Å². The first-order valence-corrected chi connectivity index (χ1v) is 15.5. The Morgan fingerprint density at radius 1 is 1.00 bits per heavy atom. The number of nitrogens with two attached hydrogens (primary N) is 2. The van der Waals surface area contributed by atoms with Crippen molar-refractivity contribution in [1.29, 1.82) is 0 Å². The molecular formula is C35H38FN5O6. The summed E-state index contributed by atoms with van der Waals surface area (Å²) in [6.07, 6.45) is 6.22. The normalized spacial score (nSPS) is 20.3. The van der Waals surface area contributed by atoms with Crippen molar-refractivity contribution in [2.75, 3.05) is 6.61 Å². The second-order valence-electron chi connectivity index (χ2n) is 13.5. The predicted octanol–water partition coefficient (Wildman–Crippen LogP) is 3.47. The van der Waals surface area contributed by atoms with E-state index in [4.69, 9.17) is 20.9 Å². The van der Waals surface area contributed by atoms with E-state index < -0.39 is 23.2 Å². The topological polar surface area (TPSA) is 171 Å². The lowest BCUT2D eigenvalue weighted by Crippen LogP contribution is -2.58. The highest BCUT2D eigenvalue weighted by molar-refractivity contribution is 6.00. The first kappa shape index (κ1) is 32.0. The summed E-state index contributed by atoms with van der Waals surface area (Å²) in [5.41, 5.74) is 13.3. The van der Waals surface area contributed by atoms with E-state index in [1.807, 2.05) is 12.1 Å². The van der Waals surface area contributed by atoms with Crippen LogP contribution in [0.4, 0.5) is 4.39 Å². The van der Waals surface area contributed by atoms with Crippen molar-refractivity contribution in [1.82, 2.24) is 14.9 Å². The Balaban J connectivity index is 1.06. The van der Waals surface area contributed by atoms with Crippen molar-refractivity contribution in [3.8, 4) is 22.6 Å². The van der Waals surface area contributed by atoms with E-state index in [9.17, 15) is 23.9 Å². The summed E-state index contributed by atoms with van der Waals surface area (Å²) in [4.78, 5) is 36.3. The molecule has 0 saturated heterocycles. The number of halogens is 1. The molecule has 0 bridgehead atoms. The van der Waals surface area contributed by atoms with Gasteiger partial charge in [-0.15, -0.1) is 0 Å². The van der Waals surface area contributed by atoms with Gasteiger partial charge in [0, 0.05) is 11.6 Å². The molecule has 2 aromatic heterocycles. The number of carbonyl (C=O) groups excluding carboxylic acids is 3. The zero-order valence-electron chi connectivity index (χ0n) is 26.3. The lowest BCUT2D eigenvalue weighted by molar-refractivity contribution is -0.118. The molecule has 2 aliphatic carbocycles. The molecule has 47 heavy (non-hydrogen) atoms. The molecule has 1 spiro atoms. The summed E-state index contributed by atoms with van der Waals surface area (Å²) in [6.45, 7) is 3.44. The molecule has 246 valence electrons. The number of nitrogens with one attached hydrogen (secondary N) is 1. The molecule has 2 saturated carbocycles. The number of benzene rings is 2. The molecule has 0 aliphatic heterocycles. The van der Waals surface area contributed by atoms with Crippen LogP contribution in [0.25, 0.3) is 16.6 Å². The maximum absolute atomic E-state index is 14.2. The standard InChI is InChI=1S/C35H38FN5O6/c1-34(2,45)19-46-25-6-8-29-27(17-39-41(29)18-25)33(44)40-24-13-35(14-24)15-26(16-35)47-30-10-21(3-4-22(30)11-31(37)42)20-5-7-28(36)23(9-20)12-32(38)43/h3-10,17-18,24,26,45H,11-16,19H2,1-2H3,(H2,37,42)(H2,38,43)(H,40,44). The predicted molar refractivity (Wildman–Crippen MR) is 171 cm³/mol. The number of aromatic nitrogens is 2. The zero-order chi connectivity index (χ0) is 33.5. The van der Waals surface area contributed by atoms with E-state index in [2.05, 4.69) is 10.4 Å². The quantitative estimate of drug-likeness (QED) is 0.183. The van der Waals surface area contributed by atoms with Crippen molar-refractivity contribution in [3.63, 3.8) is 0 Å². The number of fused-ring (bicyclic) bond motifs is 1. The molecule has 2 fully saturated rings. The van der Waals surface area contributed by atoms with E-state index in [1.54, 1.807) is 54.9 Å². The van der Waals surface area contributed by atoms with Crippen LogP contribution in [0.5, 0.6) is 11.5 Å². The number of primary amides is 2. The van der Waals surface area contributed by atoms with Gasteiger partial charge in [-0.1, -0.05) is 18.2 Å². The minimum atomic E-state index is -0.971. The van der Waals surface area contributed by atoms with Crippen molar-refractivity contribution in [3.05, 3.63) is 83.4 Å². The van der Waals surface area contributed by atoms with Crippen LogP contribution in [-0.2, 0) is 22.4 Å². The van der Waals surface area contributed by atoms with Crippen LogP contribution in [0.3, 0.4) is 0 Å². The molecule has 0 atom stereocenters. The largest absolute Gasteiger partial charge is 0.490 e. The van der Waals surface area contributed by atoms with Crippen LogP contribution in [0, 0.1) is 11.2 Å². The lowest BCUT2D eigenvalue weighted by Gasteiger charge is -2.57. The van der Waals surface area contributed by atoms with Gasteiger partial charge in [0.25, 0.3) is 5.91 Å². The maximum atomic E-state index is 14.2. The van der Waals surface area contributed by atoms with Gasteiger partial charge in [-0.2, -0.15) is 5.10 Å². The maximum Gasteiger partial charge on any atom is 0.255 e. The molecule has 3 amide bonds. The van der Waals surface area contributed by atoms with Gasteiger partial charge in [0.1, 0.15) is 23.9 Å². The fourth-order valence-electron chi connectivity index (χ4n) is 6.59. The van der Waals surface area contributed by atoms with Crippen LogP contribution in [0.1, 0.15) is 61.0 Å². The first-order chi connectivity index (χ1) is 22.3. The SMILES string of the molecule is CC(C)(O)COc1ccc2c(C(=O)NC3CC4(C3)CC(Oc3cc(-c5ccc(F)c(CC(N)=O)c5)ccc3CC(N)=O)C4)cnn2c1. The molecular weight excluding hydrogens is 605 g/mol. The first-order valence-electron chi connectivity index (χ1n) is 15.5. The Morgan fingerprint density at radius 2 is 1.68 bits per heavy atom. The highest BCUT2D eigenvalue weighted by atomic mass is 19.1.